The number of carboxylic acids is 1. The van der Waals surface area contributed by atoms with Crippen LogP contribution in [-0.2, 0) is 37.5 Å². The molecule has 0 saturated carbocycles. The van der Waals surface area contributed by atoms with Crippen molar-refractivity contribution in [3.05, 3.63) is 12.2 Å². The van der Waals surface area contributed by atoms with Crippen LogP contribution < -0.4 is 5.73 Å². The molecule has 0 aliphatic heterocycles. The normalized spacial score (nSPS) is 13.7. The number of hydrogen-bond acceptors (Lipinski definition) is 9. The maximum atomic E-state index is 12.7. The first-order valence-corrected chi connectivity index (χ1v) is 25.2. The Labute approximate surface area is 354 Å². The van der Waals surface area contributed by atoms with Gasteiger partial charge in [-0.2, -0.15) is 0 Å². The molecule has 0 aromatic carbocycles. The third kappa shape index (κ3) is 41.0. The second-order valence-electron chi connectivity index (χ2n) is 16.2. The molecule has 0 aliphatic rings. The highest BCUT2D eigenvalue weighted by Crippen LogP contribution is 2.43. The Bertz CT molecular complexity index is 1040. The topological polar surface area (TPSA) is 172 Å². The second-order valence-corrected chi connectivity index (χ2v) is 17.7. The van der Waals surface area contributed by atoms with Crippen molar-refractivity contribution < 1.29 is 47.5 Å². The van der Waals surface area contributed by atoms with Gasteiger partial charge in [0.05, 0.1) is 13.2 Å². The lowest BCUT2D eigenvalue weighted by Crippen LogP contribution is -2.34. The molecule has 1 unspecified atom stereocenters. The molecule has 0 bridgehead atoms. The van der Waals surface area contributed by atoms with Crippen LogP contribution in [0.3, 0.4) is 0 Å². The second kappa shape index (κ2) is 41.9. The van der Waals surface area contributed by atoms with Crippen molar-refractivity contribution in [2.24, 2.45) is 5.73 Å². The zero-order valence-corrected chi connectivity index (χ0v) is 38.1. The number of ether oxygens (including phenoxy) is 2. The molecule has 0 saturated heterocycles. The number of carbonyl (C=O) groups is 3. The van der Waals surface area contributed by atoms with Crippen LogP contribution in [0.15, 0.2) is 12.2 Å². The van der Waals surface area contributed by atoms with E-state index in [9.17, 15) is 23.8 Å². The lowest BCUT2D eigenvalue weighted by Gasteiger charge is -2.20. The highest BCUT2D eigenvalue weighted by atomic mass is 31.2. The van der Waals surface area contributed by atoms with Gasteiger partial charge in [0, 0.05) is 12.8 Å². The van der Waals surface area contributed by atoms with Crippen LogP contribution in [0.25, 0.3) is 0 Å². The molecule has 12 heteroatoms. The van der Waals surface area contributed by atoms with Gasteiger partial charge < -0.3 is 25.2 Å². The van der Waals surface area contributed by atoms with Crippen molar-refractivity contribution in [1.29, 1.82) is 0 Å². The number of unbranched alkanes of at least 4 members (excludes halogenated alkanes) is 29. The lowest BCUT2D eigenvalue weighted by atomic mass is 10.0. The number of phosphoric acid groups is 1. The highest BCUT2D eigenvalue weighted by Gasteiger charge is 2.28. The van der Waals surface area contributed by atoms with E-state index in [0.29, 0.717) is 12.8 Å². The number of phosphoric ester groups is 1. The number of carbonyl (C=O) groups excluding carboxylic acids is 2. The Morgan fingerprint density at radius 1 is 0.517 bits per heavy atom. The Morgan fingerprint density at radius 2 is 0.862 bits per heavy atom. The lowest BCUT2D eigenvalue weighted by molar-refractivity contribution is -0.161. The summed E-state index contributed by atoms with van der Waals surface area (Å²) in [6.45, 7) is 2.83. The predicted octanol–water partition coefficient (Wildman–Crippen LogP) is 12.8. The monoisotopic (exact) mass is 846 g/mol. The van der Waals surface area contributed by atoms with Gasteiger partial charge in [-0.1, -0.05) is 193 Å². The summed E-state index contributed by atoms with van der Waals surface area (Å²) in [4.78, 5) is 46.0. The van der Waals surface area contributed by atoms with E-state index in [-0.39, 0.29) is 19.4 Å². The summed E-state index contributed by atoms with van der Waals surface area (Å²) in [5.74, 6) is -2.36. The van der Waals surface area contributed by atoms with Crippen LogP contribution in [0.2, 0.25) is 0 Å². The first kappa shape index (κ1) is 56.2. The van der Waals surface area contributed by atoms with Gasteiger partial charge >= 0.3 is 25.7 Å². The van der Waals surface area contributed by atoms with Gasteiger partial charge in [-0.25, -0.2) is 4.57 Å². The van der Waals surface area contributed by atoms with E-state index in [0.717, 1.165) is 38.5 Å². The third-order valence-corrected chi connectivity index (χ3v) is 11.5. The van der Waals surface area contributed by atoms with Gasteiger partial charge in [0.25, 0.3) is 0 Å². The SMILES string of the molecule is CCCCCCCC/C=C/CCCCCCCCCCCC(=O)O[C@H](COC(=O)CCCCCCCCCCCCCCCCC)COP(=O)(O)OC[C@H](N)C(=O)O. The molecule has 0 fully saturated rings. The van der Waals surface area contributed by atoms with Crippen molar-refractivity contribution in [3.63, 3.8) is 0 Å². The minimum absolute atomic E-state index is 0.163. The number of allylic oxidation sites excluding steroid dienone is 2. The zero-order valence-electron chi connectivity index (χ0n) is 37.2. The van der Waals surface area contributed by atoms with Gasteiger partial charge in [-0.15, -0.1) is 0 Å². The summed E-state index contributed by atoms with van der Waals surface area (Å²) < 4.78 is 32.8. The quantitative estimate of drug-likeness (QED) is 0.0230. The van der Waals surface area contributed by atoms with Crippen molar-refractivity contribution in [1.82, 2.24) is 0 Å². The highest BCUT2D eigenvalue weighted by molar-refractivity contribution is 7.47. The van der Waals surface area contributed by atoms with Crippen LogP contribution in [0, 0.1) is 0 Å². The van der Waals surface area contributed by atoms with Crippen LogP contribution in [-0.4, -0.2) is 59.9 Å². The molecule has 0 aromatic rings. The Morgan fingerprint density at radius 3 is 1.26 bits per heavy atom. The molecule has 0 aromatic heterocycles. The van der Waals surface area contributed by atoms with E-state index in [4.69, 9.17) is 24.8 Å². The minimum Gasteiger partial charge on any atom is -0.480 e. The van der Waals surface area contributed by atoms with Crippen LogP contribution in [0.1, 0.15) is 232 Å². The number of esters is 2. The molecule has 0 spiro atoms. The van der Waals surface area contributed by atoms with Crippen molar-refractivity contribution in [2.75, 3.05) is 19.8 Å². The molecule has 4 N–H and O–H groups in total. The van der Waals surface area contributed by atoms with E-state index in [2.05, 4.69) is 30.5 Å². The van der Waals surface area contributed by atoms with E-state index >= 15 is 0 Å². The summed E-state index contributed by atoms with van der Waals surface area (Å²) in [6.07, 6.45) is 42.7. The third-order valence-electron chi connectivity index (χ3n) is 10.5. The fourth-order valence-corrected chi connectivity index (χ4v) is 7.55. The molecule has 0 radical (unpaired) electrons. The molecule has 58 heavy (non-hydrogen) atoms. The molecular formula is C46H88NO10P. The number of rotatable bonds is 45. The Balaban J connectivity index is 4.27. The molecule has 11 nitrogen and oxygen atoms in total. The molecule has 0 amide bonds. The fraction of sp³-hybridized carbons (Fsp3) is 0.891. The van der Waals surface area contributed by atoms with Gasteiger partial charge in [0.2, 0.25) is 0 Å². The van der Waals surface area contributed by atoms with Gasteiger partial charge in [-0.05, 0) is 38.5 Å². The first-order valence-electron chi connectivity index (χ1n) is 23.7. The predicted molar refractivity (Wildman–Crippen MR) is 236 cm³/mol. The molecule has 342 valence electrons. The smallest absolute Gasteiger partial charge is 0.472 e. The molecular weight excluding hydrogens is 757 g/mol. The van der Waals surface area contributed by atoms with Crippen molar-refractivity contribution in [3.8, 4) is 0 Å². The number of nitrogens with two attached hydrogens (primary N) is 1. The van der Waals surface area contributed by atoms with Crippen molar-refractivity contribution >= 4 is 25.7 Å². The largest absolute Gasteiger partial charge is 0.480 e. The zero-order chi connectivity index (χ0) is 42.8. The van der Waals surface area contributed by atoms with E-state index in [1.807, 2.05) is 0 Å². The summed E-state index contributed by atoms with van der Waals surface area (Å²) in [6, 6.07) is -1.52. The standard InChI is InChI=1S/C46H88NO10P/c1-3-5-7-9-11-13-15-17-19-20-21-22-24-26-28-30-32-34-36-38-45(49)57-42(40-55-58(52,53)56-41-43(47)46(50)51)39-54-44(48)37-35-33-31-29-27-25-23-18-16-14-12-10-8-6-4-2/h17,19,42-43H,3-16,18,20-41,47H2,1-2H3,(H,50,51)(H,52,53)/b19-17+/t42-,43+/m1/s1. The molecule has 0 aliphatic carbocycles. The maximum absolute atomic E-state index is 12.7. The first-order chi connectivity index (χ1) is 28.1. The summed E-state index contributed by atoms with van der Waals surface area (Å²) in [7, 11) is -4.71. The fourth-order valence-electron chi connectivity index (χ4n) is 6.77. The van der Waals surface area contributed by atoms with Crippen LogP contribution in [0.5, 0.6) is 0 Å². The minimum atomic E-state index is -4.71. The summed E-state index contributed by atoms with van der Waals surface area (Å²) in [5, 5.41) is 8.90. The van der Waals surface area contributed by atoms with E-state index in [1.54, 1.807) is 0 Å². The molecule has 3 atom stereocenters. The number of hydrogen-bond donors (Lipinski definition) is 3. The van der Waals surface area contributed by atoms with Crippen LogP contribution >= 0.6 is 7.82 Å². The average Bonchev–Trinajstić information content (AvgIpc) is 3.20. The van der Waals surface area contributed by atoms with Gasteiger partial charge in [0.15, 0.2) is 6.10 Å². The van der Waals surface area contributed by atoms with E-state index < -0.39 is 51.1 Å². The summed E-state index contributed by atoms with van der Waals surface area (Å²) >= 11 is 0. The Kier molecular flexibility index (Phi) is 40.6. The van der Waals surface area contributed by atoms with Gasteiger partial charge in [0.1, 0.15) is 12.6 Å². The Hall–Kier alpha value is -1.78. The number of aliphatic carboxylic acids is 1. The average molecular weight is 846 g/mol. The molecule has 0 rings (SSSR count). The summed E-state index contributed by atoms with van der Waals surface area (Å²) in [5.41, 5.74) is 5.34. The van der Waals surface area contributed by atoms with Gasteiger partial charge in [-0.3, -0.25) is 23.4 Å². The maximum Gasteiger partial charge on any atom is 0.472 e. The molecule has 0 heterocycles. The van der Waals surface area contributed by atoms with E-state index in [1.165, 1.54) is 154 Å². The number of carboxylic acid groups (broad SMARTS) is 1. The van der Waals surface area contributed by atoms with Crippen LogP contribution in [0.4, 0.5) is 0 Å². The van der Waals surface area contributed by atoms with Crippen molar-refractivity contribution in [2.45, 2.75) is 244 Å².